The minimum atomic E-state index is -2.97. The number of halogens is 1. The molecular formula is C11H21ClN2O3S2. The van der Waals surface area contributed by atoms with E-state index in [1.165, 1.54) is 0 Å². The zero-order valence-electron chi connectivity index (χ0n) is 11.0. The Balaban J connectivity index is 0.00000180. The second-order valence-corrected chi connectivity index (χ2v) is 8.71. The van der Waals surface area contributed by atoms with Gasteiger partial charge >= 0.3 is 0 Å². The molecule has 0 aromatic heterocycles. The van der Waals surface area contributed by atoms with Gasteiger partial charge in [0.15, 0.2) is 9.84 Å². The van der Waals surface area contributed by atoms with Gasteiger partial charge in [-0.15, -0.1) is 12.4 Å². The fourth-order valence-corrected chi connectivity index (χ4v) is 5.51. The summed E-state index contributed by atoms with van der Waals surface area (Å²) in [7, 11) is -2.97. The maximum Gasteiger partial charge on any atom is 0.222 e. The highest BCUT2D eigenvalue weighted by Crippen LogP contribution is 2.23. The summed E-state index contributed by atoms with van der Waals surface area (Å²) in [5.41, 5.74) is -0.572. The second kappa shape index (κ2) is 6.65. The Hall–Kier alpha value is 0.0200. The lowest BCUT2D eigenvalue weighted by Gasteiger charge is -2.27. The van der Waals surface area contributed by atoms with E-state index in [4.69, 9.17) is 0 Å². The van der Waals surface area contributed by atoms with Crippen LogP contribution in [0.5, 0.6) is 0 Å². The number of carbonyl (C=O) groups excluding carboxylic acids is 1. The highest BCUT2D eigenvalue weighted by molar-refractivity contribution is 7.99. The van der Waals surface area contributed by atoms with Crippen LogP contribution in [0.1, 0.15) is 19.8 Å². The Bertz CT molecular complexity index is 424. The average molecular weight is 329 g/mol. The minimum absolute atomic E-state index is 0. The first-order valence-electron chi connectivity index (χ1n) is 6.21. The molecule has 2 fully saturated rings. The molecule has 0 spiro atoms. The maximum absolute atomic E-state index is 11.9. The summed E-state index contributed by atoms with van der Waals surface area (Å²) < 4.78 is 22.9. The van der Waals surface area contributed by atoms with Crippen LogP contribution >= 0.6 is 24.2 Å². The molecule has 2 rings (SSSR count). The van der Waals surface area contributed by atoms with E-state index in [9.17, 15) is 13.2 Å². The number of hydrogen-bond acceptors (Lipinski definition) is 5. The molecule has 2 heterocycles. The molecule has 0 aromatic rings. The Kier molecular flexibility index (Phi) is 5.97. The lowest BCUT2D eigenvalue weighted by molar-refractivity contribution is -0.123. The Morgan fingerprint density at radius 1 is 1.53 bits per heavy atom. The summed E-state index contributed by atoms with van der Waals surface area (Å²) in [5, 5.41) is 6.19. The summed E-state index contributed by atoms with van der Waals surface area (Å²) >= 11 is 1.85. The fourth-order valence-electron chi connectivity index (χ4n) is 2.47. The Morgan fingerprint density at radius 2 is 2.26 bits per heavy atom. The monoisotopic (exact) mass is 328 g/mol. The van der Waals surface area contributed by atoms with Crippen molar-refractivity contribution in [2.75, 3.05) is 29.6 Å². The zero-order valence-corrected chi connectivity index (χ0v) is 13.4. The smallest absolute Gasteiger partial charge is 0.222 e. The number of nitrogens with one attached hydrogen (secondary N) is 2. The second-order valence-electron chi connectivity index (χ2n) is 5.38. The lowest BCUT2D eigenvalue weighted by Crippen LogP contribution is -2.49. The molecule has 0 saturated carbocycles. The normalized spacial score (nSPS) is 33.4. The molecule has 0 bridgehead atoms. The van der Waals surface area contributed by atoms with Crippen molar-refractivity contribution in [1.29, 1.82) is 0 Å². The fraction of sp³-hybridized carbons (Fsp3) is 0.909. The van der Waals surface area contributed by atoms with Gasteiger partial charge in [-0.25, -0.2) is 8.42 Å². The van der Waals surface area contributed by atoms with Gasteiger partial charge in [0.05, 0.1) is 17.0 Å². The summed E-state index contributed by atoms with van der Waals surface area (Å²) in [6.07, 6.45) is 0.955. The molecule has 2 N–H and O–H groups in total. The van der Waals surface area contributed by atoms with Gasteiger partial charge in [-0.2, -0.15) is 11.8 Å². The quantitative estimate of drug-likeness (QED) is 0.774. The molecule has 8 heteroatoms. The molecule has 1 amide bonds. The van der Waals surface area contributed by atoms with E-state index in [0.717, 1.165) is 18.1 Å². The van der Waals surface area contributed by atoms with Crippen molar-refractivity contribution in [3.63, 3.8) is 0 Å². The van der Waals surface area contributed by atoms with E-state index in [0.29, 0.717) is 12.8 Å². The molecule has 2 atom stereocenters. The van der Waals surface area contributed by atoms with Gasteiger partial charge in [0.2, 0.25) is 5.91 Å². The summed E-state index contributed by atoms with van der Waals surface area (Å²) in [6, 6.07) is 0.213. The third-order valence-electron chi connectivity index (χ3n) is 3.37. The van der Waals surface area contributed by atoms with Gasteiger partial charge in [-0.1, -0.05) is 0 Å². The van der Waals surface area contributed by atoms with Gasteiger partial charge in [0.25, 0.3) is 0 Å². The number of sulfone groups is 1. The van der Waals surface area contributed by atoms with Crippen LogP contribution in [0.25, 0.3) is 0 Å². The van der Waals surface area contributed by atoms with Crippen LogP contribution in [0, 0.1) is 0 Å². The molecule has 0 aromatic carbocycles. The van der Waals surface area contributed by atoms with Gasteiger partial charge in [0, 0.05) is 30.5 Å². The first kappa shape index (κ1) is 17.1. The maximum atomic E-state index is 11.9. The Labute approximate surface area is 125 Å². The third-order valence-corrected chi connectivity index (χ3v) is 6.41. The molecule has 2 unspecified atom stereocenters. The van der Waals surface area contributed by atoms with Gasteiger partial charge < -0.3 is 10.6 Å². The SMILES string of the molecule is CC1(NC(=O)CC2CSCCN2)CCS(=O)(=O)C1.Cl. The molecule has 112 valence electrons. The van der Waals surface area contributed by atoms with Crippen molar-refractivity contribution >= 4 is 39.9 Å². The minimum Gasteiger partial charge on any atom is -0.350 e. The molecule has 5 nitrogen and oxygen atoms in total. The van der Waals surface area contributed by atoms with Crippen LogP contribution in [0.2, 0.25) is 0 Å². The van der Waals surface area contributed by atoms with E-state index in [2.05, 4.69) is 10.6 Å². The van der Waals surface area contributed by atoms with Gasteiger partial charge in [-0.05, 0) is 13.3 Å². The molecule has 0 aliphatic carbocycles. The Morgan fingerprint density at radius 3 is 2.79 bits per heavy atom. The topological polar surface area (TPSA) is 75.3 Å². The van der Waals surface area contributed by atoms with E-state index in [-0.39, 0.29) is 35.9 Å². The molecule has 2 aliphatic rings. The van der Waals surface area contributed by atoms with Crippen LogP contribution in [0.4, 0.5) is 0 Å². The average Bonchev–Trinajstić information content (AvgIpc) is 2.53. The molecule has 2 aliphatic heterocycles. The van der Waals surface area contributed by atoms with Crippen LogP contribution in [-0.4, -0.2) is 55.5 Å². The number of amides is 1. The van der Waals surface area contributed by atoms with Crippen LogP contribution < -0.4 is 10.6 Å². The largest absolute Gasteiger partial charge is 0.350 e. The summed E-state index contributed by atoms with van der Waals surface area (Å²) in [6.45, 7) is 2.76. The number of thioether (sulfide) groups is 1. The number of carbonyl (C=O) groups is 1. The molecular weight excluding hydrogens is 308 g/mol. The van der Waals surface area contributed by atoms with Gasteiger partial charge in [0.1, 0.15) is 0 Å². The van der Waals surface area contributed by atoms with E-state index in [1.54, 1.807) is 0 Å². The van der Waals surface area contributed by atoms with Crippen molar-refractivity contribution in [3.05, 3.63) is 0 Å². The molecule has 19 heavy (non-hydrogen) atoms. The van der Waals surface area contributed by atoms with E-state index >= 15 is 0 Å². The predicted octanol–water partition coefficient (Wildman–Crippen LogP) is 0.197. The van der Waals surface area contributed by atoms with Crippen molar-refractivity contribution in [1.82, 2.24) is 10.6 Å². The first-order valence-corrected chi connectivity index (χ1v) is 9.19. The highest BCUT2D eigenvalue weighted by Gasteiger charge is 2.39. The van der Waals surface area contributed by atoms with Crippen LogP contribution in [-0.2, 0) is 14.6 Å². The number of hydrogen-bond donors (Lipinski definition) is 2. The van der Waals surface area contributed by atoms with Crippen molar-refractivity contribution < 1.29 is 13.2 Å². The highest BCUT2D eigenvalue weighted by atomic mass is 35.5. The van der Waals surface area contributed by atoms with Crippen molar-refractivity contribution in [2.24, 2.45) is 0 Å². The van der Waals surface area contributed by atoms with Crippen molar-refractivity contribution in [3.8, 4) is 0 Å². The standard InChI is InChI=1S/C11H20N2O3S2.ClH/c1-11(2-5-18(15,16)8-11)13-10(14)6-9-7-17-4-3-12-9;/h9,12H,2-8H2,1H3,(H,13,14);1H. The van der Waals surface area contributed by atoms with Gasteiger partial charge in [-0.3, -0.25) is 4.79 Å². The third kappa shape index (κ3) is 5.13. The summed E-state index contributed by atoms with van der Waals surface area (Å²) in [5.74, 6) is 2.24. The molecule has 0 radical (unpaired) electrons. The van der Waals surface area contributed by atoms with Crippen LogP contribution in [0.15, 0.2) is 0 Å². The first-order chi connectivity index (χ1) is 8.39. The van der Waals surface area contributed by atoms with Crippen molar-refractivity contribution in [2.45, 2.75) is 31.3 Å². The van der Waals surface area contributed by atoms with E-state index in [1.807, 2.05) is 18.7 Å². The summed E-state index contributed by atoms with van der Waals surface area (Å²) in [4.78, 5) is 11.9. The molecule has 2 saturated heterocycles. The lowest BCUT2D eigenvalue weighted by atomic mass is 10.0. The zero-order chi connectivity index (χ0) is 13.2. The predicted molar refractivity (Wildman–Crippen MR) is 80.8 cm³/mol. The number of rotatable bonds is 3. The van der Waals surface area contributed by atoms with E-state index < -0.39 is 15.4 Å². The van der Waals surface area contributed by atoms with Crippen LogP contribution in [0.3, 0.4) is 0 Å².